The number of hydrogen-bond donors (Lipinski definition) is 0. The third-order valence-electron chi connectivity index (χ3n) is 5.44. The van der Waals surface area contributed by atoms with E-state index in [1.807, 2.05) is 17.0 Å². The van der Waals surface area contributed by atoms with Gasteiger partial charge in [-0.15, -0.1) is 0 Å². The fraction of sp³-hybridized carbons (Fsp3) is 0.684. The lowest BCUT2D eigenvalue weighted by Crippen LogP contribution is -2.37. The van der Waals surface area contributed by atoms with Gasteiger partial charge in [-0.2, -0.15) is 0 Å². The molecule has 0 aromatic carbocycles. The Kier molecular flexibility index (Phi) is 5.65. The molecule has 1 atom stereocenters. The average molecular weight is 315 g/mol. The van der Waals surface area contributed by atoms with E-state index in [0.717, 1.165) is 43.3 Å². The minimum absolute atomic E-state index is 0.144. The van der Waals surface area contributed by atoms with Gasteiger partial charge in [0.05, 0.1) is 5.56 Å². The van der Waals surface area contributed by atoms with Crippen LogP contribution in [0.3, 0.4) is 0 Å². The molecule has 0 aliphatic carbocycles. The van der Waals surface area contributed by atoms with E-state index in [0.29, 0.717) is 0 Å². The zero-order chi connectivity index (χ0) is 16.1. The zero-order valence-corrected chi connectivity index (χ0v) is 14.3. The van der Waals surface area contributed by atoms with Gasteiger partial charge in [0.25, 0.3) is 5.91 Å². The van der Waals surface area contributed by atoms with Gasteiger partial charge in [0.2, 0.25) is 0 Å². The van der Waals surface area contributed by atoms with Gasteiger partial charge in [0.1, 0.15) is 0 Å². The average Bonchev–Trinajstić information content (AvgIpc) is 2.83. The third-order valence-corrected chi connectivity index (χ3v) is 5.44. The highest BCUT2D eigenvalue weighted by Crippen LogP contribution is 2.23. The molecule has 1 aromatic rings. The molecule has 0 radical (unpaired) electrons. The maximum absolute atomic E-state index is 12.6. The van der Waals surface area contributed by atoms with Crippen LogP contribution >= 0.6 is 0 Å². The highest BCUT2D eigenvalue weighted by molar-refractivity contribution is 5.93. The van der Waals surface area contributed by atoms with Crippen LogP contribution < -0.4 is 0 Å². The van der Waals surface area contributed by atoms with Gasteiger partial charge in [0, 0.05) is 32.0 Å². The van der Waals surface area contributed by atoms with Crippen molar-refractivity contribution in [3.05, 3.63) is 30.1 Å². The van der Waals surface area contributed by atoms with Gasteiger partial charge in [-0.1, -0.05) is 6.92 Å². The molecular weight excluding hydrogens is 286 g/mol. The standard InChI is InChI=1S/C19H29N3O/c1-16-6-11-21(12-7-16)15-17-4-3-10-22(13-8-17)19(23)18-5-2-9-20-14-18/h2,5,9,14,16-17H,3-4,6-8,10-13,15H2,1H3. The normalized spacial score (nSPS) is 24.4. The molecule has 3 heterocycles. The molecule has 0 bridgehead atoms. The first-order valence-electron chi connectivity index (χ1n) is 9.14. The number of amides is 1. The van der Waals surface area contributed by atoms with Gasteiger partial charge in [-0.05, 0) is 69.2 Å². The molecular formula is C19H29N3O. The van der Waals surface area contributed by atoms with Crippen molar-refractivity contribution >= 4 is 5.91 Å². The van der Waals surface area contributed by atoms with Crippen molar-refractivity contribution in [2.75, 3.05) is 32.7 Å². The first-order chi connectivity index (χ1) is 11.2. The Bertz CT molecular complexity index is 497. The number of aromatic nitrogens is 1. The Balaban J connectivity index is 1.50. The molecule has 1 amide bonds. The summed E-state index contributed by atoms with van der Waals surface area (Å²) in [6, 6.07) is 3.71. The van der Waals surface area contributed by atoms with Crippen LogP contribution in [0.2, 0.25) is 0 Å². The quantitative estimate of drug-likeness (QED) is 0.860. The highest BCUT2D eigenvalue weighted by Gasteiger charge is 2.24. The molecule has 4 nitrogen and oxygen atoms in total. The predicted molar refractivity (Wildman–Crippen MR) is 92.3 cm³/mol. The lowest BCUT2D eigenvalue weighted by molar-refractivity contribution is 0.0757. The molecule has 2 fully saturated rings. The topological polar surface area (TPSA) is 36.4 Å². The van der Waals surface area contributed by atoms with Crippen LogP contribution in [0, 0.1) is 11.8 Å². The molecule has 23 heavy (non-hydrogen) atoms. The molecule has 1 unspecified atom stereocenters. The number of carbonyl (C=O) groups excluding carboxylic acids is 1. The number of piperidine rings is 1. The minimum atomic E-state index is 0.144. The number of nitrogens with zero attached hydrogens (tertiary/aromatic N) is 3. The number of likely N-dealkylation sites (tertiary alicyclic amines) is 2. The van der Waals surface area contributed by atoms with Crippen LogP contribution in [-0.4, -0.2) is 53.4 Å². The molecule has 4 heteroatoms. The van der Waals surface area contributed by atoms with Crippen molar-refractivity contribution < 1.29 is 4.79 Å². The Morgan fingerprint density at radius 1 is 1.17 bits per heavy atom. The molecule has 0 spiro atoms. The summed E-state index contributed by atoms with van der Waals surface area (Å²) in [6.45, 7) is 7.89. The van der Waals surface area contributed by atoms with Crippen LogP contribution in [0.1, 0.15) is 49.4 Å². The summed E-state index contributed by atoms with van der Waals surface area (Å²) in [4.78, 5) is 21.3. The molecule has 3 rings (SSSR count). The van der Waals surface area contributed by atoms with E-state index in [1.165, 1.54) is 38.9 Å². The number of rotatable bonds is 3. The smallest absolute Gasteiger partial charge is 0.255 e. The largest absolute Gasteiger partial charge is 0.339 e. The second-order valence-corrected chi connectivity index (χ2v) is 7.31. The van der Waals surface area contributed by atoms with E-state index in [1.54, 1.807) is 12.4 Å². The van der Waals surface area contributed by atoms with E-state index >= 15 is 0 Å². The lowest BCUT2D eigenvalue weighted by atomic mass is 9.95. The summed E-state index contributed by atoms with van der Waals surface area (Å²) < 4.78 is 0. The maximum Gasteiger partial charge on any atom is 0.255 e. The van der Waals surface area contributed by atoms with Gasteiger partial charge in [0.15, 0.2) is 0 Å². The van der Waals surface area contributed by atoms with Crippen molar-refractivity contribution in [1.82, 2.24) is 14.8 Å². The van der Waals surface area contributed by atoms with Crippen LogP contribution in [0.5, 0.6) is 0 Å². The Hall–Kier alpha value is -1.42. The van der Waals surface area contributed by atoms with Crippen molar-refractivity contribution in [1.29, 1.82) is 0 Å². The highest BCUT2D eigenvalue weighted by atomic mass is 16.2. The first kappa shape index (κ1) is 16.4. The van der Waals surface area contributed by atoms with E-state index in [2.05, 4.69) is 16.8 Å². The molecule has 2 aliphatic heterocycles. The zero-order valence-electron chi connectivity index (χ0n) is 14.3. The van der Waals surface area contributed by atoms with E-state index in [-0.39, 0.29) is 5.91 Å². The Morgan fingerprint density at radius 3 is 2.74 bits per heavy atom. The second-order valence-electron chi connectivity index (χ2n) is 7.31. The van der Waals surface area contributed by atoms with Crippen molar-refractivity contribution in [2.24, 2.45) is 11.8 Å². The van der Waals surface area contributed by atoms with Gasteiger partial charge in [-0.25, -0.2) is 0 Å². The van der Waals surface area contributed by atoms with E-state index < -0.39 is 0 Å². The van der Waals surface area contributed by atoms with Crippen molar-refractivity contribution in [3.63, 3.8) is 0 Å². The van der Waals surface area contributed by atoms with E-state index in [4.69, 9.17) is 0 Å². The van der Waals surface area contributed by atoms with Crippen LogP contribution in [-0.2, 0) is 0 Å². The fourth-order valence-electron chi connectivity index (χ4n) is 3.83. The summed E-state index contributed by atoms with van der Waals surface area (Å²) in [5.74, 6) is 1.79. The molecule has 126 valence electrons. The lowest BCUT2D eigenvalue weighted by Gasteiger charge is -2.32. The summed E-state index contributed by atoms with van der Waals surface area (Å²) >= 11 is 0. The monoisotopic (exact) mass is 315 g/mol. The van der Waals surface area contributed by atoms with Gasteiger partial charge in [-0.3, -0.25) is 9.78 Å². The van der Waals surface area contributed by atoms with Crippen molar-refractivity contribution in [2.45, 2.75) is 39.0 Å². The SMILES string of the molecule is CC1CCN(CC2CCCN(C(=O)c3cccnc3)CC2)CC1. The maximum atomic E-state index is 12.6. The number of pyridine rings is 1. The van der Waals surface area contributed by atoms with Crippen molar-refractivity contribution in [3.8, 4) is 0 Å². The number of carbonyl (C=O) groups is 1. The van der Waals surface area contributed by atoms with Crippen LogP contribution in [0.4, 0.5) is 0 Å². The first-order valence-corrected chi connectivity index (χ1v) is 9.14. The predicted octanol–water partition coefficient (Wildman–Crippen LogP) is 3.06. The van der Waals surface area contributed by atoms with Crippen LogP contribution in [0.25, 0.3) is 0 Å². The number of hydrogen-bond acceptors (Lipinski definition) is 3. The Morgan fingerprint density at radius 2 is 2.00 bits per heavy atom. The summed E-state index contributed by atoms with van der Waals surface area (Å²) in [5, 5.41) is 0. The third kappa shape index (κ3) is 4.54. The van der Waals surface area contributed by atoms with E-state index in [9.17, 15) is 4.79 Å². The fourth-order valence-corrected chi connectivity index (χ4v) is 3.83. The summed E-state index contributed by atoms with van der Waals surface area (Å²) in [7, 11) is 0. The van der Waals surface area contributed by atoms with Gasteiger partial charge >= 0.3 is 0 Å². The molecule has 2 aliphatic rings. The minimum Gasteiger partial charge on any atom is -0.339 e. The summed E-state index contributed by atoms with van der Waals surface area (Å²) in [6.07, 6.45) is 9.60. The molecule has 2 saturated heterocycles. The molecule has 1 aromatic heterocycles. The van der Waals surface area contributed by atoms with Gasteiger partial charge < -0.3 is 9.80 Å². The molecule has 0 N–H and O–H groups in total. The summed E-state index contributed by atoms with van der Waals surface area (Å²) in [5.41, 5.74) is 0.718. The molecule has 0 saturated carbocycles. The van der Waals surface area contributed by atoms with Crippen LogP contribution in [0.15, 0.2) is 24.5 Å². The Labute approximate surface area is 139 Å². The second kappa shape index (κ2) is 7.91.